The van der Waals surface area contributed by atoms with Gasteiger partial charge in [0.25, 0.3) is 0 Å². The Morgan fingerprint density at radius 2 is 2.21 bits per heavy atom. The maximum atomic E-state index is 10.7. The highest BCUT2D eigenvalue weighted by atomic mass is 16.5. The lowest BCUT2D eigenvalue weighted by Crippen LogP contribution is -2.48. The van der Waals surface area contributed by atoms with E-state index in [4.69, 9.17) is 10.5 Å². The van der Waals surface area contributed by atoms with Crippen molar-refractivity contribution in [2.75, 3.05) is 32.8 Å². The molecule has 1 fully saturated rings. The highest BCUT2D eigenvalue weighted by Crippen LogP contribution is 2.00. The molecule has 5 nitrogen and oxygen atoms in total. The summed E-state index contributed by atoms with van der Waals surface area (Å²) in [6.45, 7) is 6.36. The van der Waals surface area contributed by atoms with Gasteiger partial charge in [0.05, 0.1) is 13.2 Å². The predicted octanol–water partition coefficient (Wildman–Crippen LogP) is -0.234. The molecule has 0 spiro atoms. The monoisotopic (exact) mass is 201 g/mol. The van der Waals surface area contributed by atoms with Crippen molar-refractivity contribution in [3.05, 3.63) is 0 Å². The van der Waals surface area contributed by atoms with Crippen molar-refractivity contribution in [1.82, 2.24) is 10.2 Å². The zero-order valence-electron chi connectivity index (χ0n) is 8.66. The second-order valence-electron chi connectivity index (χ2n) is 3.53. The second-order valence-corrected chi connectivity index (χ2v) is 3.53. The van der Waals surface area contributed by atoms with Gasteiger partial charge in [0, 0.05) is 25.7 Å². The smallest absolute Gasteiger partial charge is 0.312 e. The fourth-order valence-electron chi connectivity index (χ4n) is 1.57. The van der Waals surface area contributed by atoms with E-state index in [0.717, 1.165) is 39.3 Å². The third-order valence-electron chi connectivity index (χ3n) is 2.42. The van der Waals surface area contributed by atoms with Crippen LogP contribution in [0.15, 0.2) is 0 Å². The summed E-state index contributed by atoms with van der Waals surface area (Å²) in [5.41, 5.74) is 5.08. The SMILES string of the molecule is CCC(CN1CCOCC1)NC(N)=O. The number of hydrogen-bond acceptors (Lipinski definition) is 3. The number of urea groups is 1. The van der Waals surface area contributed by atoms with E-state index in [1.807, 2.05) is 6.92 Å². The van der Waals surface area contributed by atoms with Gasteiger partial charge in [-0.1, -0.05) is 6.92 Å². The minimum absolute atomic E-state index is 0.158. The van der Waals surface area contributed by atoms with Gasteiger partial charge in [-0.2, -0.15) is 0 Å². The molecule has 1 aliphatic rings. The van der Waals surface area contributed by atoms with Crippen LogP contribution in [0.4, 0.5) is 4.79 Å². The summed E-state index contributed by atoms with van der Waals surface area (Å²) in [7, 11) is 0. The zero-order valence-corrected chi connectivity index (χ0v) is 8.66. The van der Waals surface area contributed by atoms with Crippen LogP contribution >= 0.6 is 0 Å². The number of carbonyl (C=O) groups excluding carboxylic acids is 1. The van der Waals surface area contributed by atoms with Crippen molar-refractivity contribution >= 4 is 6.03 Å². The summed E-state index contributed by atoms with van der Waals surface area (Å²) in [5.74, 6) is 0. The van der Waals surface area contributed by atoms with Crippen molar-refractivity contribution in [2.24, 2.45) is 5.73 Å². The summed E-state index contributed by atoms with van der Waals surface area (Å²) in [6.07, 6.45) is 0.903. The lowest BCUT2D eigenvalue weighted by Gasteiger charge is -2.30. The summed E-state index contributed by atoms with van der Waals surface area (Å²) in [6, 6.07) is -0.282. The number of carbonyl (C=O) groups is 1. The first kappa shape index (κ1) is 11.3. The van der Waals surface area contributed by atoms with Crippen LogP contribution in [0, 0.1) is 0 Å². The minimum Gasteiger partial charge on any atom is -0.379 e. The Morgan fingerprint density at radius 3 is 2.71 bits per heavy atom. The summed E-state index contributed by atoms with van der Waals surface area (Å²) in [4.78, 5) is 13.0. The third kappa shape index (κ3) is 3.93. The molecular weight excluding hydrogens is 182 g/mol. The van der Waals surface area contributed by atoms with Gasteiger partial charge in [-0.25, -0.2) is 4.79 Å². The highest BCUT2D eigenvalue weighted by molar-refractivity contribution is 5.71. The van der Waals surface area contributed by atoms with Gasteiger partial charge in [0.15, 0.2) is 0 Å². The summed E-state index contributed by atoms with van der Waals surface area (Å²) < 4.78 is 5.24. The van der Waals surface area contributed by atoms with E-state index in [9.17, 15) is 4.79 Å². The molecule has 1 heterocycles. The molecule has 0 aliphatic carbocycles. The van der Waals surface area contributed by atoms with Gasteiger partial charge in [-0.3, -0.25) is 4.90 Å². The Kier molecular flexibility index (Phi) is 4.69. The molecule has 3 N–H and O–H groups in total. The van der Waals surface area contributed by atoms with Crippen LogP contribution in [-0.4, -0.2) is 49.8 Å². The van der Waals surface area contributed by atoms with Crippen LogP contribution in [-0.2, 0) is 4.74 Å². The Labute approximate surface area is 84.6 Å². The molecule has 2 amide bonds. The molecule has 14 heavy (non-hydrogen) atoms. The third-order valence-corrected chi connectivity index (χ3v) is 2.42. The molecule has 1 rings (SSSR count). The average Bonchev–Trinajstić information content (AvgIpc) is 2.17. The topological polar surface area (TPSA) is 67.6 Å². The fourth-order valence-corrected chi connectivity index (χ4v) is 1.57. The normalized spacial score (nSPS) is 20.4. The molecule has 0 aromatic carbocycles. The van der Waals surface area contributed by atoms with Gasteiger partial charge >= 0.3 is 6.03 Å². The molecule has 1 saturated heterocycles. The first-order valence-corrected chi connectivity index (χ1v) is 5.08. The average molecular weight is 201 g/mol. The van der Waals surface area contributed by atoms with Gasteiger partial charge < -0.3 is 15.8 Å². The van der Waals surface area contributed by atoms with E-state index in [-0.39, 0.29) is 6.04 Å². The van der Waals surface area contributed by atoms with Crippen molar-refractivity contribution in [3.8, 4) is 0 Å². The van der Waals surface area contributed by atoms with E-state index in [1.165, 1.54) is 0 Å². The highest BCUT2D eigenvalue weighted by Gasteiger charge is 2.15. The van der Waals surface area contributed by atoms with Crippen LogP contribution < -0.4 is 11.1 Å². The lowest BCUT2D eigenvalue weighted by molar-refractivity contribution is 0.0339. The van der Waals surface area contributed by atoms with Crippen LogP contribution in [0.1, 0.15) is 13.3 Å². The molecule has 0 bridgehead atoms. The van der Waals surface area contributed by atoms with Gasteiger partial charge in [0.1, 0.15) is 0 Å². The molecule has 0 saturated carbocycles. The second kappa shape index (κ2) is 5.82. The summed E-state index contributed by atoms with van der Waals surface area (Å²) in [5, 5.41) is 2.73. The van der Waals surface area contributed by atoms with Crippen LogP contribution in [0.5, 0.6) is 0 Å². The Morgan fingerprint density at radius 1 is 1.57 bits per heavy atom. The number of ether oxygens (including phenoxy) is 1. The van der Waals surface area contributed by atoms with Crippen molar-refractivity contribution in [1.29, 1.82) is 0 Å². The summed E-state index contributed by atoms with van der Waals surface area (Å²) >= 11 is 0. The number of rotatable bonds is 4. The number of hydrogen-bond donors (Lipinski definition) is 2. The first-order chi connectivity index (χ1) is 6.72. The molecule has 0 aromatic heterocycles. The van der Waals surface area contributed by atoms with Crippen LogP contribution in [0.25, 0.3) is 0 Å². The Bertz CT molecular complexity index is 181. The predicted molar refractivity (Wildman–Crippen MR) is 54.1 cm³/mol. The van der Waals surface area contributed by atoms with Crippen molar-refractivity contribution < 1.29 is 9.53 Å². The number of nitrogens with two attached hydrogens (primary N) is 1. The maximum Gasteiger partial charge on any atom is 0.312 e. The maximum absolute atomic E-state index is 10.7. The number of nitrogens with zero attached hydrogens (tertiary/aromatic N) is 1. The number of morpholine rings is 1. The zero-order chi connectivity index (χ0) is 10.4. The molecule has 82 valence electrons. The molecule has 1 unspecified atom stereocenters. The Hall–Kier alpha value is -0.810. The van der Waals surface area contributed by atoms with Crippen LogP contribution in [0.3, 0.4) is 0 Å². The van der Waals surface area contributed by atoms with E-state index < -0.39 is 6.03 Å². The first-order valence-electron chi connectivity index (χ1n) is 5.08. The number of primary amides is 1. The largest absolute Gasteiger partial charge is 0.379 e. The van der Waals surface area contributed by atoms with Gasteiger partial charge in [0.2, 0.25) is 0 Å². The van der Waals surface area contributed by atoms with E-state index >= 15 is 0 Å². The van der Waals surface area contributed by atoms with E-state index in [2.05, 4.69) is 10.2 Å². The fraction of sp³-hybridized carbons (Fsp3) is 0.889. The van der Waals surface area contributed by atoms with E-state index in [0.29, 0.717) is 0 Å². The standard InChI is InChI=1S/C9H19N3O2/c1-2-8(11-9(10)13)7-12-3-5-14-6-4-12/h8H,2-7H2,1H3,(H3,10,11,13). The molecule has 5 heteroatoms. The van der Waals surface area contributed by atoms with Gasteiger partial charge in [-0.15, -0.1) is 0 Å². The lowest BCUT2D eigenvalue weighted by atomic mass is 10.2. The Balaban J connectivity index is 2.27. The minimum atomic E-state index is -0.440. The van der Waals surface area contributed by atoms with Gasteiger partial charge in [-0.05, 0) is 6.42 Å². The number of nitrogens with one attached hydrogen (secondary N) is 1. The molecule has 0 radical (unpaired) electrons. The molecule has 1 atom stereocenters. The molecular formula is C9H19N3O2. The quantitative estimate of drug-likeness (QED) is 0.660. The number of amides is 2. The molecule has 1 aliphatic heterocycles. The van der Waals surface area contributed by atoms with Crippen LogP contribution in [0.2, 0.25) is 0 Å². The van der Waals surface area contributed by atoms with Crippen molar-refractivity contribution in [3.63, 3.8) is 0 Å². The van der Waals surface area contributed by atoms with Crippen molar-refractivity contribution in [2.45, 2.75) is 19.4 Å². The molecule has 0 aromatic rings. The van der Waals surface area contributed by atoms with E-state index in [1.54, 1.807) is 0 Å².